The van der Waals surface area contributed by atoms with E-state index in [1.807, 2.05) is 0 Å². The third-order valence-electron chi connectivity index (χ3n) is 3.99. The van der Waals surface area contributed by atoms with Crippen LogP contribution in [0.25, 0.3) is 0 Å². The molecule has 0 radical (unpaired) electrons. The van der Waals surface area contributed by atoms with Crippen molar-refractivity contribution < 1.29 is 26.4 Å². The summed E-state index contributed by atoms with van der Waals surface area (Å²) < 4.78 is 65.0. The third-order valence-corrected chi connectivity index (χ3v) is 5.64. The molecule has 0 aliphatic heterocycles. The van der Waals surface area contributed by atoms with Crippen molar-refractivity contribution in [1.82, 2.24) is 0 Å². The van der Waals surface area contributed by atoms with E-state index in [0.717, 1.165) is 24.3 Å². The van der Waals surface area contributed by atoms with Crippen molar-refractivity contribution in [3.8, 4) is 0 Å². The van der Waals surface area contributed by atoms with E-state index in [2.05, 4.69) is 15.4 Å². The highest BCUT2D eigenvalue weighted by Crippen LogP contribution is 2.29. The molecule has 0 unspecified atom stereocenters. The van der Waals surface area contributed by atoms with E-state index in [1.165, 1.54) is 36.4 Å². The molecular weight excluding hydrogens is 455 g/mol. The summed E-state index contributed by atoms with van der Waals surface area (Å²) in [6, 6.07) is 14.7. The average molecular weight is 470 g/mol. The van der Waals surface area contributed by atoms with Crippen LogP contribution in [0.1, 0.15) is 5.56 Å². The fourth-order valence-electron chi connectivity index (χ4n) is 2.49. The lowest BCUT2D eigenvalue weighted by molar-refractivity contribution is -0.137. The summed E-state index contributed by atoms with van der Waals surface area (Å²) in [6.07, 6.45) is -4.47. The van der Waals surface area contributed by atoms with Crippen LogP contribution in [0.2, 0.25) is 5.02 Å². The topological polar surface area (TPSA) is 87.3 Å². The van der Waals surface area contributed by atoms with Gasteiger partial charge in [-0.25, -0.2) is 13.2 Å². The summed E-state index contributed by atoms with van der Waals surface area (Å²) in [7, 11) is -3.85. The van der Waals surface area contributed by atoms with E-state index < -0.39 is 27.8 Å². The van der Waals surface area contributed by atoms with Gasteiger partial charge in [-0.3, -0.25) is 4.72 Å². The summed E-state index contributed by atoms with van der Waals surface area (Å²) in [5.41, 5.74) is -0.0447. The SMILES string of the molecule is O=C(Nc1ccc(C(F)(F)F)cc1)Nc1ccc(S(=O)(=O)Nc2ccc(Cl)cc2)cc1. The van der Waals surface area contributed by atoms with Gasteiger partial charge in [0, 0.05) is 22.1 Å². The third kappa shape index (κ3) is 6.12. The average Bonchev–Trinajstić information content (AvgIpc) is 2.70. The van der Waals surface area contributed by atoms with Crippen molar-refractivity contribution in [3.63, 3.8) is 0 Å². The first-order valence-corrected chi connectivity index (χ1v) is 10.5. The van der Waals surface area contributed by atoms with Crippen LogP contribution in [-0.4, -0.2) is 14.4 Å². The smallest absolute Gasteiger partial charge is 0.308 e. The van der Waals surface area contributed by atoms with Crippen LogP contribution in [0.15, 0.2) is 77.7 Å². The number of halogens is 4. The van der Waals surface area contributed by atoms with Crippen molar-refractivity contribution in [3.05, 3.63) is 83.4 Å². The summed E-state index contributed by atoms with van der Waals surface area (Å²) in [6.45, 7) is 0. The first-order chi connectivity index (χ1) is 14.5. The predicted octanol–water partition coefficient (Wildman–Crippen LogP) is 5.80. The van der Waals surface area contributed by atoms with E-state index in [-0.39, 0.29) is 16.3 Å². The van der Waals surface area contributed by atoms with Gasteiger partial charge in [0.15, 0.2) is 0 Å². The lowest BCUT2D eigenvalue weighted by atomic mass is 10.2. The van der Waals surface area contributed by atoms with Crippen LogP contribution >= 0.6 is 11.6 Å². The van der Waals surface area contributed by atoms with Crippen LogP contribution in [0.3, 0.4) is 0 Å². The van der Waals surface area contributed by atoms with E-state index in [1.54, 1.807) is 12.1 Å². The molecule has 0 saturated carbocycles. The van der Waals surface area contributed by atoms with Gasteiger partial charge in [0.05, 0.1) is 10.5 Å². The number of carbonyl (C=O) groups excluding carboxylic acids is 1. The zero-order valence-corrected chi connectivity index (χ0v) is 17.1. The van der Waals surface area contributed by atoms with E-state index in [9.17, 15) is 26.4 Å². The standard InChI is InChI=1S/C20H15ClF3N3O3S/c21-14-3-7-17(8-4-14)27-31(29,30)18-11-9-16(10-12-18)26-19(28)25-15-5-1-13(2-6-15)20(22,23)24/h1-12,27H,(H2,25,26,28). The Bertz CT molecular complexity index is 1170. The maximum absolute atomic E-state index is 12.6. The van der Waals surface area contributed by atoms with Gasteiger partial charge in [-0.15, -0.1) is 0 Å². The minimum absolute atomic E-state index is 0.0313. The van der Waals surface area contributed by atoms with Gasteiger partial charge in [-0.1, -0.05) is 11.6 Å². The second kappa shape index (κ2) is 8.86. The van der Waals surface area contributed by atoms with Crippen molar-refractivity contribution in [2.75, 3.05) is 15.4 Å². The summed E-state index contributed by atoms with van der Waals surface area (Å²) >= 11 is 5.77. The largest absolute Gasteiger partial charge is 0.416 e. The molecule has 0 spiro atoms. The Hall–Kier alpha value is -3.24. The molecule has 3 aromatic rings. The molecular formula is C20H15ClF3N3O3S. The number of sulfonamides is 1. The Morgan fingerprint density at radius 2 is 1.19 bits per heavy atom. The molecule has 0 fully saturated rings. The monoisotopic (exact) mass is 469 g/mol. The predicted molar refractivity (Wildman–Crippen MR) is 113 cm³/mol. The minimum Gasteiger partial charge on any atom is -0.308 e. The highest BCUT2D eigenvalue weighted by molar-refractivity contribution is 7.92. The summed E-state index contributed by atoms with van der Waals surface area (Å²) in [4.78, 5) is 12.0. The number of rotatable bonds is 5. The van der Waals surface area contributed by atoms with Gasteiger partial charge in [0.25, 0.3) is 10.0 Å². The van der Waals surface area contributed by atoms with Crippen LogP contribution in [0.4, 0.5) is 35.0 Å². The first-order valence-electron chi connectivity index (χ1n) is 8.67. The summed E-state index contributed by atoms with van der Waals surface area (Å²) in [5, 5.41) is 5.33. The van der Waals surface area contributed by atoms with Gasteiger partial charge < -0.3 is 10.6 Å². The molecule has 0 heterocycles. The number of alkyl halides is 3. The Labute approximate surface area is 181 Å². The summed E-state index contributed by atoms with van der Waals surface area (Å²) in [5.74, 6) is 0. The quantitative estimate of drug-likeness (QED) is 0.441. The zero-order chi connectivity index (χ0) is 22.6. The zero-order valence-electron chi connectivity index (χ0n) is 15.6. The van der Waals surface area contributed by atoms with Crippen molar-refractivity contribution in [1.29, 1.82) is 0 Å². The van der Waals surface area contributed by atoms with Crippen LogP contribution in [0.5, 0.6) is 0 Å². The molecule has 3 aromatic carbocycles. The highest BCUT2D eigenvalue weighted by atomic mass is 35.5. The maximum Gasteiger partial charge on any atom is 0.416 e. The molecule has 0 saturated heterocycles. The Morgan fingerprint density at radius 3 is 1.68 bits per heavy atom. The van der Waals surface area contributed by atoms with Crippen LogP contribution < -0.4 is 15.4 Å². The molecule has 0 atom stereocenters. The van der Waals surface area contributed by atoms with Gasteiger partial charge >= 0.3 is 12.2 Å². The number of nitrogens with one attached hydrogen (secondary N) is 3. The molecule has 31 heavy (non-hydrogen) atoms. The molecule has 0 aliphatic rings. The molecule has 2 amide bonds. The number of amides is 2. The molecule has 6 nitrogen and oxygen atoms in total. The number of hydrogen-bond donors (Lipinski definition) is 3. The van der Waals surface area contributed by atoms with Crippen molar-refractivity contribution >= 4 is 44.7 Å². The van der Waals surface area contributed by atoms with E-state index in [0.29, 0.717) is 10.7 Å². The molecule has 11 heteroatoms. The Kier molecular flexibility index (Phi) is 6.42. The van der Waals surface area contributed by atoms with Crippen molar-refractivity contribution in [2.45, 2.75) is 11.1 Å². The highest BCUT2D eigenvalue weighted by Gasteiger charge is 2.30. The van der Waals surface area contributed by atoms with Gasteiger partial charge in [0.1, 0.15) is 0 Å². The van der Waals surface area contributed by atoms with Crippen LogP contribution in [-0.2, 0) is 16.2 Å². The van der Waals surface area contributed by atoms with Gasteiger partial charge in [-0.2, -0.15) is 13.2 Å². The number of benzene rings is 3. The maximum atomic E-state index is 12.6. The van der Waals surface area contributed by atoms with Gasteiger partial charge in [0.2, 0.25) is 0 Å². The molecule has 0 bridgehead atoms. The molecule has 0 aromatic heterocycles. The second-order valence-corrected chi connectivity index (χ2v) is 8.41. The fraction of sp³-hybridized carbons (Fsp3) is 0.0500. The lowest BCUT2D eigenvalue weighted by Crippen LogP contribution is -2.19. The molecule has 162 valence electrons. The lowest BCUT2D eigenvalue weighted by Gasteiger charge is -2.11. The Balaban J connectivity index is 1.62. The first kappa shape index (κ1) is 22.4. The molecule has 3 N–H and O–H groups in total. The van der Waals surface area contributed by atoms with Gasteiger partial charge in [-0.05, 0) is 72.8 Å². The number of hydrogen-bond acceptors (Lipinski definition) is 3. The number of urea groups is 1. The van der Waals surface area contributed by atoms with E-state index in [4.69, 9.17) is 11.6 Å². The molecule has 3 rings (SSSR count). The Morgan fingerprint density at radius 1 is 0.742 bits per heavy atom. The number of anilines is 3. The second-order valence-electron chi connectivity index (χ2n) is 6.29. The van der Waals surface area contributed by atoms with Crippen molar-refractivity contribution in [2.24, 2.45) is 0 Å². The minimum atomic E-state index is -4.47. The normalized spacial score (nSPS) is 11.6. The van der Waals surface area contributed by atoms with Crippen LogP contribution in [0, 0.1) is 0 Å². The van der Waals surface area contributed by atoms with E-state index >= 15 is 0 Å². The number of carbonyl (C=O) groups is 1. The molecule has 0 aliphatic carbocycles. The fourth-order valence-corrected chi connectivity index (χ4v) is 3.67.